The Balaban J connectivity index is 1.74. The number of pyridine rings is 1. The molecule has 1 amide bonds. The highest BCUT2D eigenvalue weighted by molar-refractivity contribution is 7.12. The summed E-state index contributed by atoms with van der Waals surface area (Å²) in [7, 11) is 4.01. The number of benzene rings is 1. The largest absolute Gasteiger partial charge is 0.366 e. The molecule has 4 rings (SSSR count). The Morgan fingerprint density at radius 2 is 1.94 bits per heavy atom. The number of carbonyl (C=O) groups is 1. The van der Waals surface area contributed by atoms with Crippen LogP contribution in [0.2, 0.25) is 0 Å². The third kappa shape index (κ3) is 5.09. The number of thiophene rings is 1. The summed E-state index contributed by atoms with van der Waals surface area (Å²) in [6, 6.07) is 11.8. The first kappa shape index (κ1) is 24.5. The molecular formula is C27H29N5O2S. The number of carbonyl (C=O) groups excluding carboxylic acids is 1. The minimum Gasteiger partial charge on any atom is -0.366 e. The molecule has 0 atom stereocenters. The molecule has 0 unspecified atom stereocenters. The molecule has 3 heterocycles. The zero-order valence-electron chi connectivity index (χ0n) is 20.4. The number of nitriles is 1. The van der Waals surface area contributed by atoms with Crippen LogP contribution in [0.15, 0.2) is 40.5 Å². The van der Waals surface area contributed by atoms with E-state index in [1.165, 1.54) is 11.3 Å². The van der Waals surface area contributed by atoms with Gasteiger partial charge in [0.15, 0.2) is 0 Å². The summed E-state index contributed by atoms with van der Waals surface area (Å²) in [5.74, 6) is 6.06. The molecule has 180 valence electrons. The summed E-state index contributed by atoms with van der Waals surface area (Å²) in [4.78, 5) is 33.0. The highest BCUT2D eigenvalue weighted by Crippen LogP contribution is 2.31. The van der Waals surface area contributed by atoms with E-state index in [1.807, 2.05) is 54.7 Å². The molecule has 0 saturated carbocycles. The molecule has 1 aliphatic heterocycles. The number of piperazine rings is 1. The molecule has 1 aliphatic rings. The van der Waals surface area contributed by atoms with Crippen molar-refractivity contribution in [1.82, 2.24) is 14.4 Å². The van der Waals surface area contributed by atoms with Crippen LogP contribution < -0.4 is 10.5 Å². The average Bonchev–Trinajstić information content (AvgIpc) is 3.40. The topological polar surface area (TPSA) is 72.6 Å². The van der Waals surface area contributed by atoms with Gasteiger partial charge < -0.3 is 19.3 Å². The van der Waals surface area contributed by atoms with Crippen LogP contribution in [0.25, 0.3) is 10.9 Å². The van der Waals surface area contributed by atoms with Crippen LogP contribution in [0.3, 0.4) is 0 Å². The molecule has 3 aromatic rings. The molecule has 8 heteroatoms. The van der Waals surface area contributed by atoms with E-state index in [2.05, 4.69) is 27.7 Å². The van der Waals surface area contributed by atoms with Crippen molar-refractivity contribution in [3.63, 3.8) is 0 Å². The monoisotopic (exact) mass is 487 g/mol. The van der Waals surface area contributed by atoms with E-state index >= 15 is 0 Å². The minimum absolute atomic E-state index is 0.0295. The van der Waals surface area contributed by atoms with Crippen molar-refractivity contribution < 1.29 is 4.79 Å². The molecular weight excluding hydrogens is 458 g/mol. The number of aryl methyl sites for hydroxylation is 1. The van der Waals surface area contributed by atoms with Gasteiger partial charge in [-0.25, -0.2) is 0 Å². The average molecular weight is 488 g/mol. The van der Waals surface area contributed by atoms with Crippen LogP contribution in [0.1, 0.15) is 34.1 Å². The Labute approximate surface area is 209 Å². The maximum atomic E-state index is 13.5. The molecule has 0 N–H and O–H groups in total. The Morgan fingerprint density at radius 3 is 2.57 bits per heavy atom. The van der Waals surface area contributed by atoms with Gasteiger partial charge >= 0.3 is 0 Å². The van der Waals surface area contributed by atoms with Crippen LogP contribution in [-0.2, 0) is 6.54 Å². The van der Waals surface area contributed by atoms with Crippen molar-refractivity contribution in [1.29, 1.82) is 5.26 Å². The number of hydrogen-bond acceptors (Lipinski definition) is 6. The second-order valence-electron chi connectivity index (χ2n) is 8.81. The first-order chi connectivity index (χ1) is 16.9. The highest BCUT2D eigenvalue weighted by Gasteiger charge is 2.27. The second kappa shape index (κ2) is 10.8. The van der Waals surface area contributed by atoms with E-state index in [9.17, 15) is 14.9 Å². The van der Waals surface area contributed by atoms with Gasteiger partial charge in [-0.2, -0.15) is 5.26 Å². The number of amides is 1. The molecule has 0 aliphatic carbocycles. The number of nitrogens with zero attached hydrogens (tertiary/aromatic N) is 5. The predicted octanol–water partition coefficient (Wildman–Crippen LogP) is 3.22. The first-order valence-corrected chi connectivity index (χ1v) is 12.6. The number of anilines is 1. The van der Waals surface area contributed by atoms with E-state index in [1.54, 1.807) is 11.5 Å². The predicted molar refractivity (Wildman–Crippen MR) is 141 cm³/mol. The quantitative estimate of drug-likeness (QED) is 0.499. The summed E-state index contributed by atoms with van der Waals surface area (Å²) in [5, 5.41) is 12.8. The first-order valence-electron chi connectivity index (χ1n) is 11.7. The fourth-order valence-electron chi connectivity index (χ4n) is 4.55. The van der Waals surface area contributed by atoms with Crippen molar-refractivity contribution in [2.24, 2.45) is 0 Å². The molecule has 35 heavy (non-hydrogen) atoms. The van der Waals surface area contributed by atoms with Crippen LogP contribution >= 0.6 is 11.3 Å². The van der Waals surface area contributed by atoms with Crippen molar-refractivity contribution in [3.8, 4) is 17.9 Å². The minimum atomic E-state index is -0.264. The van der Waals surface area contributed by atoms with E-state index in [-0.39, 0.29) is 17.0 Å². The summed E-state index contributed by atoms with van der Waals surface area (Å²) in [6.07, 6.45) is 0.798. The van der Waals surface area contributed by atoms with Gasteiger partial charge in [0, 0.05) is 43.7 Å². The fourth-order valence-corrected chi connectivity index (χ4v) is 5.24. The maximum absolute atomic E-state index is 13.5. The van der Waals surface area contributed by atoms with Gasteiger partial charge in [0.05, 0.1) is 16.1 Å². The van der Waals surface area contributed by atoms with Crippen molar-refractivity contribution in [2.75, 3.05) is 51.7 Å². The van der Waals surface area contributed by atoms with Gasteiger partial charge in [-0.3, -0.25) is 9.59 Å². The fraction of sp³-hybridized carbons (Fsp3) is 0.370. The Hall–Kier alpha value is -3.59. The number of aromatic nitrogens is 1. The SMILES string of the molecule is CC#Cc1ccc2c(c1)c(N1CCN(C(=O)c3cccs3)CC1)c(C#N)c(=O)n2CCCN(C)C. The van der Waals surface area contributed by atoms with Crippen molar-refractivity contribution >= 4 is 33.8 Å². The normalized spacial score (nSPS) is 13.6. The van der Waals surface area contributed by atoms with Gasteiger partial charge in [0.1, 0.15) is 11.6 Å². The number of fused-ring (bicyclic) bond motifs is 1. The summed E-state index contributed by atoms with van der Waals surface area (Å²) in [6.45, 7) is 5.33. The third-order valence-electron chi connectivity index (χ3n) is 6.22. The summed E-state index contributed by atoms with van der Waals surface area (Å²) in [5.41, 5.74) is 2.19. The molecule has 1 aromatic carbocycles. The molecule has 0 radical (unpaired) electrons. The van der Waals surface area contributed by atoms with Gasteiger partial charge in [0.25, 0.3) is 11.5 Å². The second-order valence-corrected chi connectivity index (χ2v) is 9.76. The molecule has 1 fully saturated rings. The lowest BCUT2D eigenvalue weighted by molar-refractivity contribution is 0.0751. The molecule has 7 nitrogen and oxygen atoms in total. The zero-order valence-corrected chi connectivity index (χ0v) is 21.2. The Bertz CT molecular complexity index is 1380. The van der Waals surface area contributed by atoms with Crippen molar-refractivity contribution in [2.45, 2.75) is 19.9 Å². The molecule has 0 spiro atoms. The molecule has 2 aromatic heterocycles. The number of hydrogen-bond donors (Lipinski definition) is 0. The van der Waals surface area contributed by atoms with Gasteiger partial charge in [0.2, 0.25) is 0 Å². The third-order valence-corrected chi connectivity index (χ3v) is 7.08. The Kier molecular flexibility index (Phi) is 7.55. The standard InChI is InChI=1S/C27H29N5O2S/c1-4-7-20-9-10-23-21(18-20)25(22(19-28)26(33)32(23)12-6-11-29(2)3)30-13-15-31(16-14-30)27(34)24-8-5-17-35-24/h5,8-10,17-18H,6,11-16H2,1-3H3. The Morgan fingerprint density at radius 1 is 1.17 bits per heavy atom. The zero-order chi connectivity index (χ0) is 24.9. The molecule has 0 bridgehead atoms. The lowest BCUT2D eigenvalue weighted by Crippen LogP contribution is -2.49. The van der Waals surface area contributed by atoms with E-state index in [0.717, 1.165) is 34.3 Å². The summed E-state index contributed by atoms with van der Waals surface area (Å²) < 4.78 is 1.72. The maximum Gasteiger partial charge on any atom is 0.271 e. The van der Waals surface area contributed by atoms with Crippen LogP contribution in [0.5, 0.6) is 0 Å². The summed E-state index contributed by atoms with van der Waals surface area (Å²) >= 11 is 1.44. The molecule has 1 saturated heterocycles. The van der Waals surface area contributed by atoms with Gasteiger partial charge in [-0.15, -0.1) is 17.3 Å². The van der Waals surface area contributed by atoms with Crippen LogP contribution in [-0.4, -0.2) is 67.1 Å². The van der Waals surface area contributed by atoms with Crippen LogP contribution in [0.4, 0.5) is 5.69 Å². The van der Waals surface area contributed by atoms with Crippen LogP contribution in [0, 0.1) is 23.2 Å². The van der Waals surface area contributed by atoms with Gasteiger partial charge in [-0.05, 0) is 63.6 Å². The lowest BCUT2D eigenvalue weighted by Gasteiger charge is -2.37. The number of rotatable bonds is 6. The smallest absolute Gasteiger partial charge is 0.271 e. The van der Waals surface area contributed by atoms with E-state index in [0.29, 0.717) is 38.4 Å². The van der Waals surface area contributed by atoms with E-state index in [4.69, 9.17) is 0 Å². The van der Waals surface area contributed by atoms with Gasteiger partial charge in [-0.1, -0.05) is 12.0 Å². The lowest BCUT2D eigenvalue weighted by atomic mass is 10.0. The highest BCUT2D eigenvalue weighted by atomic mass is 32.1. The van der Waals surface area contributed by atoms with E-state index < -0.39 is 0 Å². The van der Waals surface area contributed by atoms with Crippen molar-refractivity contribution in [3.05, 3.63) is 62.1 Å².